The molecule has 0 radical (unpaired) electrons. The molecular weight excluding hydrogens is 476 g/mol. The van der Waals surface area contributed by atoms with E-state index in [1.807, 2.05) is 66.9 Å². The fourth-order valence-corrected chi connectivity index (χ4v) is 3.81. The molecule has 2 N–H and O–H groups in total. The van der Waals surface area contributed by atoms with Crippen LogP contribution in [0, 0.1) is 0 Å². The zero-order valence-electron chi connectivity index (χ0n) is 17.7. The van der Waals surface area contributed by atoms with Gasteiger partial charge in [-0.3, -0.25) is 10.1 Å². The molecule has 0 aliphatic rings. The van der Waals surface area contributed by atoms with E-state index in [0.29, 0.717) is 6.61 Å². The van der Waals surface area contributed by atoms with Crippen molar-refractivity contribution in [3.05, 3.63) is 112 Å². The third-order valence-corrected chi connectivity index (χ3v) is 5.89. The van der Waals surface area contributed by atoms with Crippen LogP contribution in [-0.2, 0) is 6.61 Å². The first-order chi connectivity index (χ1) is 16.2. The molecule has 5 rings (SSSR count). The van der Waals surface area contributed by atoms with Gasteiger partial charge >= 0.3 is 0 Å². The third-order valence-electron chi connectivity index (χ3n) is 5.17. The molecule has 0 atom stereocenters. The van der Waals surface area contributed by atoms with E-state index in [1.54, 1.807) is 6.20 Å². The van der Waals surface area contributed by atoms with Crippen molar-refractivity contribution >= 4 is 51.1 Å². The number of benzene rings is 2. The van der Waals surface area contributed by atoms with E-state index in [9.17, 15) is 0 Å². The fourth-order valence-electron chi connectivity index (χ4n) is 3.43. The molecule has 0 unspecified atom stereocenters. The second-order valence-corrected chi connectivity index (χ2v) is 8.39. The normalized spacial score (nSPS) is 11.7. The van der Waals surface area contributed by atoms with Gasteiger partial charge in [0.25, 0.3) is 0 Å². The molecule has 0 aliphatic carbocycles. The smallest absolute Gasteiger partial charge is 0.130 e. The predicted octanol–water partition coefficient (Wildman–Crippen LogP) is 6.97. The summed E-state index contributed by atoms with van der Waals surface area (Å²) in [5.74, 6) is 0.788. The summed E-state index contributed by atoms with van der Waals surface area (Å²) in [6.45, 7) is 0.429. The Kier molecular flexibility index (Phi) is 6.17. The highest BCUT2D eigenvalue weighted by molar-refractivity contribution is 9.10. The molecule has 0 bridgehead atoms. The topological polar surface area (TPSA) is 66.6 Å². The Morgan fingerprint density at radius 2 is 1.88 bits per heavy atom. The molecule has 0 spiro atoms. The number of pyridine rings is 1. The van der Waals surface area contributed by atoms with Crippen molar-refractivity contribution in [3.63, 3.8) is 0 Å². The van der Waals surface area contributed by atoms with Gasteiger partial charge in [-0.2, -0.15) is 5.10 Å². The van der Waals surface area contributed by atoms with Crippen LogP contribution in [0.3, 0.4) is 0 Å². The van der Waals surface area contributed by atoms with Gasteiger partial charge in [0.2, 0.25) is 0 Å². The number of hydrogen-bond donors (Lipinski definition) is 2. The van der Waals surface area contributed by atoms with Gasteiger partial charge in [0.15, 0.2) is 0 Å². The van der Waals surface area contributed by atoms with Crippen LogP contribution in [0.25, 0.3) is 35.2 Å². The summed E-state index contributed by atoms with van der Waals surface area (Å²) < 4.78 is 6.88. The number of fused-ring (bicyclic) bond motifs is 1. The molecule has 2 aromatic carbocycles. The van der Waals surface area contributed by atoms with Crippen LogP contribution in [-0.4, -0.2) is 20.2 Å². The minimum Gasteiger partial charge on any atom is -0.487 e. The number of ether oxygens (including phenoxy) is 1. The average molecular weight is 497 g/mol. The molecule has 162 valence electrons. The molecule has 5 aromatic rings. The first-order valence-electron chi connectivity index (χ1n) is 10.5. The van der Waals surface area contributed by atoms with Crippen molar-refractivity contribution in [2.24, 2.45) is 0 Å². The number of halogens is 1. The van der Waals surface area contributed by atoms with Crippen molar-refractivity contribution in [2.45, 2.75) is 6.61 Å². The Morgan fingerprint density at radius 1 is 0.909 bits per heavy atom. The molecule has 6 heteroatoms. The van der Waals surface area contributed by atoms with E-state index in [-0.39, 0.29) is 0 Å². The number of hydrogen-bond acceptors (Lipinski definition) is 3. The Morgan fingerprint density at radius 3 is 2.79 bits per heavy atom. The Labute approximate surface area is 200 Å². The largest absolute Gasteiger partial charge is 0.487 e. The molecule has 3 aromatic heterocycles. The molecular formula is C27H21BrN4O. The molecule has 0 aliphatic heterocycles. The second kappa shape index (κ2) is 9.71. The summed E-state index contributed by atoms with van der Waals surface area (Å²) in [6.07, 6.45) is 11.8. The van der Waals surface area contributed by atoms with E-state index >= 15 is 0 Å². The Bertz CT molecular complexity index is 1430. The average Bonchev–Trinajstić information content (AvgIpc) is 3.51. The molecule has 0 saturated heterocycles. The SMILES string of the molecule is Brc1ccc(OCc2ccccn2)cc1C=Cc1cc(C=Cc2ccc3cc[nH]c3c2)n[nH]1. The Balaban J connectivity index is 1.25. The van der Waals surface area contributed by atoms with Gasteiger partial charge in [-0.05, 0) is 77.2 Å². The van der Waals surface area contributed by atoms with Crippen molar-refractivity contribution in [1.29, 1.82) is 0 Å². The maximum absolute atomic E-state index is 5.89. The van der Waals surface area contributed by atoms with Crippen LogP contribution in [0.2, 0.25) is 0 Å². The maximum atomic E-state index is 5.89. The number of aromatic amines is 2. The van der Waals surface area contributed by atoms with Crippen LogP contribution in [0.15, 0.2) is 83.6 Å². The zero-order chi connectivity index (χ0) is 22.5. The first-order valence-corrected chi connectivity index (χ1v) is 11.3. The zero-order valence-corrected chi connectivity index (χ0v) is 19.3. The summed E-state index contributed by atoms with van der Waals surface area (Å²) in [6, 6.07) is 22.1. The van der Waals surface area contributed by atoms with Gasteiger partial charge < -0.3 is 9.72 Å². The van der Waals surface area contributed by atoms with Crippen molar-refractivity contribution in [3.8, 4) is 5.75 Å². The minimum absolute atomic E-state index is 0.429. The van der Waals surface area contributed by atoms with E-state index in [0.717, 1.165) is 43.9 Å². The predicted molar refractivity (Wildman–Crippen MR) is 137 cm³/mol. The van der Waals surface area contributed by atoms with Gasteiger partial charge in [0, 0.05) is 22.4 Å². The lowest BCUT2D eigenvalue weighted by Gasteiger charge is -2.07. The monoisotopic (exact) mass is 496 g/mol. The highest BCUT2D eigenvalue weighted by atomic mass is 79.9. The number of H-pyrrole nitrogens is 2. The van der Waals surface area contributed by atoms with Gasteiger partial charge in [0.1, 0.15) is 12.4 Å². The molecule has 0 saturated carbocycles. The first kappa shape index (κ1) is 21.0. The van der Waals surface area contributed by atoms with Crippen LogP contribution >= 0.6 is 15.9 Å². The van der Waals surface area contributed by atoms with E-state index in [4.69, 9.17) is 4.74 Å². The van der Waals surface area contributed by atoms with E-state index < -0.39 is 0 Å². The lowest BCUT2D eigenvalue weighted by Crippen LogP contribution is -1.97. The van der Waals surface area contributed by atoms with Crippen molar-refractivity contribution in [1.82, 2.24) is 20.2 Å². The van der Waals surface area contributed by atoms with E-state index in [2.05, 4.69) is 66.4 Å². The fraction of sp³-hybridized carbons (Fsp3) is 0.0370. The summed E-state index contributed by atoms with van der Waals surface area (Å²) >= 11 is 3.61. The molecule has 5 nitrogen and oxygen atoms in total. The van der Waals surface area contributed by atoms with Crippen LogP contribution in [0.1, 0.15) is 28.2 Å². The lowest BCUT2D eigenvalue weighted by molar-refractivity contribution is 0.301. The highest BCUT2D eigenvalue weighted by Gasteiger charge is 2.03. The number of nitrogens with zero attached hydrogens (tertiary/aromatic N) is 2. The highest BCUT2D eigenvalue weighted by Crippen LogP contribution is 2.25. The molecule has 33 heavy (non-hydrogen) atoms. The summed E-state index contributed by atoms with van der Waals surface area (Å²) in [5, 5.41) is 8.66. The standard InChI is InChI=1S/C27H21BrN4O/c28-26-11-10-25(33-18-24-3-1-2-13-29-24)16-21(26)7-9-23-17-22(31-32-23)8-5-19-4-6-20-12-14-30-27(20)15-19/h1-17,30H,18H2,(H,31,32). The van der Waals surface area contributed by atoms with Gasteiger partial charge in [-0.25, -0.2) is 0 Å². The number of aromatic nitrogens is 4. The van der Waals surface area contributed by atoms with Crippen LogP contribution < -0.4 is 4.74 Å². The quantitative estimate of drug-likeness (QED) is 0.255. The molecule has 0 amide bonds. The maximum Gasteiger partial charge on any atom is 0.130 e. The second-order valence-electron chi connectivity index (χ2n) is 7.53. The third kappa shape index (κ3) is 5.30. The Hall–Kier alpha value is -3.90. The number of nitrogens with one attached hydrogen (secondary N) is 2. The minimum atomic E-state index is 0.429. The summed E-state index contributed by atoms with van der Waals surface area (Å²) in [7, 11) is 0. The van der Waals surface area contributed by atoms with Crippen LogP contribution in [0.5, 0.6) is 5.75 Å². The van der Waals surface area contributed by atoms with Gasteiger partial charge in [-0.1, -0.05) is 46.3 Å². The van der Waals surface area contributed by atoms with Crippen molar-refractivity contribution < 1.29 is 4.74 Å². The lowest BCUT2D eigenvalue weighted by atomic mass is 10.1. The van der Waals surface area contributed by atoms with Crippen LogP contribution in [0.4, 0.5) is 0 Å². The summed E-state index contributed by atoms with van der Waals surface area (Å²) in [5.41, 5.74) is 5.94. The van der Waals surface area contributed by atoms with E-state index in [1.165, 1.54) is 5.39 Å². The molecule has 0 fully saturated rings. The molecule has 3 heterocycles. The summed E-state index contributed by atoms with van der Waals surface area (Å²) in [4.78, 5) is 7.53. The van der Waals surface area contributed by atoms with Gasteiger partial charge in [-0.15, -0.1) is 0 Å². The number of rotatable bonds is 7. The van der Waals surface area contributed by atoms with Crippen molar-refractivity contribution in [2.75, 3.05) is 0 Å². The van der Waals surface area contributed by atoms with Gasteiger partial charge in [0.05, 0.1) is 17.1 Å².